The average molecular weight is 285 g/mol. The van der Waals surface area contributed by atoms with E-state index in [1.807, 2.05) is 0 Å². The van der Waals surface area contributed by atoms with Crippen molar-refractivity contribution in [2.75, 3.05) is 13.6 Å². The summed E-state index contributed by atoms with van der Waals surface area (Å²) >= 11 is 0. The third-order valence-electron chi connectivity index (χ3n) is 3.44. The normalized spacial score (nSPS) is 20.4. The van der Waals surface area contributed by atoms with E-state index in [1.165, 1.54) is 11.9 Å². The zero-order chi connectivity index (χ0) is 15.5. The monoisotopic (exact) mass is 285 g/mol. The van der Waals surface area contributed by atoms with Crippen molar-refractivity contribution >= 4 is 17.9 Å². The molecule has 7 heteroatoms. The van der Waals surface area contributed by atoms with E-state index in [0.29, 0.717) is 13.0 Å². The fourth-order valence-electron chi connectivity index (χ4n) is 2.30. The maximum atomic E-state index is 12.2. The van der Waals surface area contributed by atoms with Crippen LogP contribution >= 0.6 is 0 Å². The van der Waals surface area contributed by atoms with Crippen molar-refractivity contribution in [3.8, 4) is 0 Å². The summed E-state index contributed by atoms with van der Waals surface area (Å²) in [7, 11) is 1.52. The van der Waals surface area contributed by atoms with Crippen LogP contribution in [0.3, 0.4) is 0 Å². The first kappa shape index (κ1) is 16.3. The second kappa shape index (κ2) is 6.11. The summed E-state index contributed by atoms with van der Waals surface area (Å²) in [5.41, 5.74) is -0.607. The fourth-order valence-corrected chi connectivity index (χ4v) is 2.30. The fraction of sp³-hybridized carbons (Fsp3) is 0.769. The molecule has 7 nitrogen and oxygen atoms in total. The molecule has 1 saturated heterocycles. The van der Waals surface area contributed by atoms with E-state index < -0.39 is 29.5 Å². The number of nitrogens with one attached hydrogen (secondary N) is 2. The summed E-state index contributed by atoms with van der Waals surface area (Å²) in [5.74, 6) is -1.30. The second-order valence-electron chi connectivity index (χ2n) is 6.05. The minimum Gasteiger partial charge on any atom is -0.480 e. The molecule has 0 aromatic heterocycles. The number of urea groups is 1. The van der Waals surface area contributed by atoms with Crippen LogP contribution in [-0.4, -0.2) is 53.6 Å². The Morgan fingerprint density at radius 3 is 2.35 bits per heavy atom. The Morgan fingerprint density at radius 1 is 1.30 bits per heavy atom. The number of carboxylic acids is 1. The van der Waals surface area contributed by atoms with Gasteiger partial charge >= 0.3 is 12.0 Å². The molecule has 1 heterocycles. The molecule has 0 spiro atoms. The number of rotatable bonds is 3. The first-order valence-electron chi connectivity index (χ1n) is 6.70. The smallest absolute Gasteiger partial charge is 0.326 e. The van der Waals surface area contributed by atoms with E-state index in [-0.39, 0.29) is 5.91 Å². The summed E-state index contributed by atoms with van der Waals surface area (Å²) < 4.78 is 0. The Bertz CT molecular complexity index is 403. The number of carbonyl (C=O) groups is 3. The third-order valence-corrected chi connectivity index (χ3v) is 3.44. The number of hydrogen-bond donors (Lipinski definition) is 3. The lowest BCUT2D eigenvalue weighted by atomic mass is 9.87. The molecule has 20 heavy (non-hydrogen) atoms. The van der Waals surface area contributed by atoms with Gasteiger partial charge in [0.15, 0.2) is 0 Å². The van der Waals surface area contributed by atoms with Crippen molar-refractivity contribution in [1.82, 2.24) is 15.5 Å². The molecular weight excluding hydrogens is 262 g/mol. The predicted octanol–water partition coefficient (Wildman–Crippen LogP) is 0.406. The minimum absolute atomic E-state index is 0.222. The number of carboxylic acid groups (broad SMARTS) is 1. The van der Waals surface area contributed by atoms with Crippen LogP contribution in [-0.2, 0) is 9.59 Å². The van der Waals surface area contributed by atoms with Crippen LogP contribution in [0.25, 0.3) is 0 Å². The molecule has 0 radical (unpaired) electrons. The van der Waals surface area contributed by atoms with Gasteiger partial charge in [-0.25, -0.2) is 9.59 Å². The van der Waals surface area contributed by atoms with E-state index in [4.69, 9.17) is 0 Å². The van der Waals surface area contributed by atoms with E-state index in [9.17, 15) is 19.5 Å². The van der Waals surface area contributed by atoms with Gasteiger partial charge in [-0.3, -0.25) is 4.79 Å². The molecule has 1 aliphatic heterocycles. The molecule has 2 atom stereocenters. The zero-order valence-electron chi connectivity index (χ0n) is 12.4. The van der Waals surface area contributed by atoms with E-state index >= 15 is 0 Å². The lowest BCUT2D eigenvalue weighted by Gasteiger charge is -2.31. The highest BCUT2D eigenvalue weighted by atomic mass is 16.4. The van der Waals surface area contributed by atoms with Crippen LogP contribution in [0.2, 0.25) is 0 Å². The Hall–Kier alpha value is -1.79. The third kappa shape index (κ3) is 3.61. The molecule has 1 rings (SSSR count). The van der Waals surface area contributed by atoms with E-state index in [1.54, 1.807) is 20.8 Å². The van der Waals surface area contributed by atoms with Gasteiger partial charge in [0.1, 0.15) is 12.1 Å². The lowest BCUT2D eigenvalue weighted by molar-refractivity contribution is -0.142. The van der Waals surface area contributed by atoms with Crippen molar-refractivity contribution < 1.29 is 19.5 Å². The van der Waals surface area contributed by atoms with Crippen molar-refractivity contribution in [3.63, 3.8) is 0 Å². The summed E-state index contributed by atoms with van der Waals surface area (Å²) in [6, 6.07) is -2.02. The molecule has 0 aromatic carbocycles. The number of likely N-dealkylation sites (tertiary alicyclic amines) is 1. The van der Waals surface area contributed by atoms with Crippen molar-refractivity contribution in [1.29, 1.82) is 0 Å². The van der Waals surface area contributed by atoms with Crippen LogP contribution in [0.4, 0.5) is 4.79 Å². The van der Waals surface area contributed by atoms with Crippen LogP contribution < -0.4 is 10.6 Å². The molecule has 3 N–H and O–H groups in total. The van der Waals surface area contributed by atoms with Gasteiger partial charge in [-0.15, -0.1) is 0 Å². The highest BCUT2D eigenvalue weighted by Crippen LogP contribution is 2.22. The van der Waals surface area contributed by atoms with Crippen molar-refractivity contribution in [2.24, 2.45) is 5.41 Å². The molecule has 1 unspecified atom stereocenters. The SMILES string of the molecule is CNC(=O)C1CCCN1C(=O)N[C@H](C(=O)O)C(C)(C)C. The maximum Gasteiger partial charge on any atom is 0.326 e. The number of carbonyl (C=O) groups excluding carboxylic acids is 2. The first-order chi connectivity index (χ1) is 9.18. The van der Waals surface area contributed by atoms with Gasteiger partial charge in [0.2, 0.25) is 5.91 Å². The van der Waals surface area contributed by atoms with Crippen molar-refractivity contribution in [2.45, 2.75) is 45.7 Å². The molecule has 0 aromatic rings. The Kier molecular flexibility index (Phi) is 4.97. The largest absolute Gasteiger partial charge is 0.480 e. The number of aliphatic carboxylic acids is 1. The van der Waals surface area contributed by atoms with Crippen LogP contribution in [0.5, 0.6) is 0 Å². The molecule has 0 saturated carbocycles. The van der Waals surface area contributed by atoms with Gasteiger partial charge in [-0.05, 0) is 18.3 Å². The summed E-state index contributed by atoms with van der Waals surface area (Å²) in [5, 5.41) is 14.2. The molecule has 0 aliphatic carbocycles. The lowest BCUT2D eigenvalue weighted by Crippen LogP contribution is -2.56. The second-order valence-corrected chi connectivity index (χ2v) is 6.05. The molecule has 3 amide bonds. The molecule has 1 fully saturated rings. The Labute approximate surface area is 118 Å². The topological polar surface area (TPSA) is 98.7 Å². The zero-order valence-corrected chi connectivity index (χ0v) is 12.4. The van der Waals surface area contributed by atoms with Gasteiger partial charge in [-0.2, -0.15) is 0 Å². The molecule has 1 aliphatic rings. The predicted molar refractivity (Wildman–Crippen MR) is 73.2 cm³/mol. The van der Waals surface area contributed by atoms with Crippen LogP contribution in [0, 0.1) is 5.41 Å². The van der Waals surface area contributed by atoms with Crippen LogP contribution in [0.1, 0.15) is 33.6 Å². The van der Waals surface area contributed by atoms with E-state index in [0.717, 1.165) is 6.42 Å². The maximum absolute atomic E-state index is 12.2. The molecular formula is C13H23N3O4. The highest BCUT2D eigenvalue weighted by molar-refractivity contribution is 5.89. The first-order valence-corrected chi connectivity index (χ1v) is 6.70. The van der Waals surface area contributed by atoms with Gasteiger partial charge in [0.25, 0.3) is 0 Å². The van der Waals surface area contributed by atoms with Gasteiger partial charge in [0.05, 0.1) is 0 Å². The number of nitrogens with zero attached hydrogens (tertiary/aromatic N) is 1. The highest BCUT2D eigenvalue weighted by Gasteiger charge is 2.38. The van der Waals surface area contributed by atoms with E-state index in [2.05, 4.69) is 10.6 Å². The van der Waals surface area contributed by atoms with Gasteiger partial charge in [0, 0.05) is 13.6 Å². The minimum atomic E-state index is -1.08. The number of amides is 3. The van der Waals surface area contributed by atoms with Crippen LogP contribution in [0.15, 0.2) is 0 Å². The standard InChI is InChI=1S/C13H23N3O4/c1-13(2,3)9(11(18)19)15-12(20)16-7-5-6-8(16)10(17)14-4/h8-9H,5-7H2,1-4H3,(H,14,17)(H,15,20)(H,18,19)/t8?,9-/m1/s1. The Balaban J connectivity index is 2.79. The quantitative estimate of drug-likeness (QED) is 0.699. The molecule has 114 valence electrons. The average Bonchev–Trinajstić information content (AvgIpc) is 2.81. The Morgan fingerprint density at radius 2 is 1.90 bits per heavy atom. The summed E-state index contributed by atoms with van der Waals surface area (Å²) in [4.78, 5) is 36.6. The summed E-state index contributed by atoms with van der Waals surface area (Å²) in [6.07, 6.45) is 1.33. The summed E-state index contributed by atoms with van der Waals surface area (Å²) in [6.45, 7) is 5.69. The van der Waals surface area contributed by atoms with Gasteiger partial charge < -0.3 is 20.6 Å². The molecule has 0 bridgehead atoms. The van der Waals surface area contributed by atoms with Crippen molar-refractivity contribution in [3.05, 3.63) is 0 Å². The van der Waals surface area contributed by atoms with Gasteiger partial charge in [-0.1, -0.05) is 20.8 Å². The number of hydrogen-bond acceptors (Lipinski definition) is 3. The number of likely N-dealkylation sites (N-methyl/N-ethyl adjacent to an activating group) is 1.